The molecule has 1 heterocycles. The number of anilines is 1. The third kappa shape index (κ3) is 4.48. The van der Waals surface area contributed by atoms with E-state index in [1.54, 1.807) is 6.07 Å². The first-order chi connectivity index (χ1) is 12.1. The molecule has 5 nitrogen and oxygen atoms in total. The van der Waals surface area contributed by atoms with Crippen LogP contribution < -0.4 is 5.32 Å². The van der Waals surface area contributed by atoms with Crippen LogP contribution in [-0.4, -0.2) is 23.1 Å². The molecule has 6 heteroatoms. The number of carbonyl (C=O) groups excluding carboxylic acids is 2. The van der Waals surface area contributed by atoms with Crippen LogP contribution in [-0.2, 0) is 20.9 Å². The highest BCUT2D eigenvalue weighted by Gasteiger charge is 2.10. The van der Waals surface area contributed by atoms with E-state index < -0.39 is 5.97 Å². The highest BCUT2D eigenvalue weighted by molar-refractivity contribution is 9.10. The second kappa shape index (κ2) is 7.98. The summed E-state index contributed by atoms with van der Waals surface area (Å²) in [7, 11) is 0. The van der Waals surface area contributed by atoms with Gasteiger partial charge in [0, 0.05) is 22.7 Å². The van der Waals surface area contributed by atoms with Gasteiger partial charge in [0.05, 0.1) is 12.1 Å². The van der Waals surface area contributed by atoms with Gasteiger partial charge in [-0.1, -0.05) is 30.3 Å². The number of carbonyl (C=O) groups is 2. The smallest absolute Gasteiger partial charge is 0.308 e. The van der Waals surface area contributed by atoms with Crippen molar-refractivity contribution in [3.8, 4) is 0 Å². The Bertz CT molecular complexity index is 904. The molecule has 0 aliphatic heterocycles. The van der Waals surface area contributed by atoms with Crippen LogP contribution in [0.4, 0.5) is 5.69 Å². The Balaban J connectivity index is 1.46. The van der Waals surface area contributed by atoms with Crippen LogP contribution in [0.3, 0.4) is 0 Å². The molecule has 128 valence electrons. The minimum Gasteiger partial charge on any atom is -0.456 e. The fourth-order valence-electron chi connectivity index (χ4n) is 2.51. The van der Waals surface area contributed by atoms with Crippen molar-refractivity contribution in [1.82, 2.24) is 4.57 Å². The Hall–Kier alpha value is -2.60. The van der Waals surface area contributed by atoms with E-state index >= 15 is 0 Å². The zero-order valence-corrected chi connectivity index (χ0v) is 15.0. The van der Waals surface area contributed by atoms with Gasteiger partial charge in [-0.3, -0.25) is 9.59 Å². The zero-order valence-electron chi connectivity index (χ0n) is 13.4. The Morgan fingerprint density at radius 2 is 1.80 bits per heavy atom. The molecule has 1 amide bonds. The van der Waals surface area contributed by atoms with Gasteiger partial charge in [-0.25, -0.2) is 0 Å². The van der Waals surface area contributed by atoms with Gasteiger partial charge in [-0.2, -0.15) is 0 Å². The first-order valence-corrected chi connectivity index (χ1v) is 8.66. The molecule has 0 radical (unpaired) electrons. The lowest BCUT2D eigenvalue weighted by molar-refractivity contribution is -0.147. The van der Waals surface area contributed by atoms with Crippen LogP contribution >= 0.6 is 15.9 Å². The Labute approximate surface area is 153 Å². The van der Waals surface area contributed by atoms with Crippen LogP contribution in [0.25, 0.3) is 10.9 Å². The first-order valence-electron chi connectivity index (χ1n) is 7.87. The van der Waals surface area contributed by atoms with E-state index in [4.69, 9.17) is 4.74 Å². The molecule has 0 fully saturated rings. The Morgan fingerprint density at radius 3 is 2.64 bits per heavy atom. The Morgan fingerprint density at radius 1 is 1.04 bits per heavy atom. The first kappa shape index (κ1) is 17.2. The van der Waals surface area contributed by atoms with E-state index in [9.17, 15) is 9.59 Å². The van der Waals surface area contributed by atoms with Gasteiger partial charge in [0.2, 0.25) is 0 Å². The van der Waals surface area contributed by atoms with Gasteiger partial charge in [0.15, 0.2) is 6.61 Å². The van der Waals surface area contributed by atoms with Crippen molar-refractivity contribution in [2.75, 3.05) is 11.9 Å². The van der Waals surface area contributed by atoms with Crippen LogP contribution in [0.15, 0.2) is 65.3 Å². The molecule has 0 aliphatic rings. The summed E-state index contributed by atoms with van der Waals surface area (Å²) < 4.78 is 7.82. The third-order valence-electron chi connectivity index (χ3n) is 3.75. The lowest BCUT2D eigenvalue weighted by atomic mass is 10.2. The molecule has 1 aromatic heterocycles. The molecule has 0 saturated heterocycles. The van der Waals surface area contributed by atoms with Gasteiger partial charge in [-0.15, -0.1) is 0 Å². The second-order valence-electron chi connectivity index (χ2n) is 5.51. The molecule has 0 atom stereocenters. The van der Waals surface area contributed by atoms with Crippen LogP contribution in [0.1, 0.15) is 6.42 Å². The number of amides is 1. The quantitative estimate of drug-likeness (QED) is 0.636. The summed E-state index contributed by atoms with van der Waals surface area (Å²) in [6, 6.07) is 17.2. The van der Waals surface area contributed by atoms with Gasteiger partial charge in [-0.05, 0) is 45.6 Å². The third-order valence-corrected chi connectivity index (χ3v) is 4.44. The molecule has 0 bridgehead atoms. The van der Waals surface area contributed by atoms with E-state index in [0.717, 1.165) is 15.4 Å². The standard InChI is InChI=1S/C19H17BrN2O3/c20-15-6-2-3-7-16(15)21-18(23)13-25-19(24)10-12-22-11-9-14-5-1-4-8-17(14)22/h1-9,11H,10,12-13H2,(H,21,23). The SMILES string of the molecule is O=C(COC(=O)CCn1ccc2ccccc21)Nc1ccccc1Br. The number of aryl methyl sites for hydroxylation is 1. The fraction of sp³-hybridized carbons (Fsp3) is 0.158. The predicted molar refractivity (Wildman–Crippen MR) is 100 cm³/mol. The van der Waals surface area contributed by atoms with Crippen molar-refractivity contribution in [3.05, 3.63) is 65.3 Å². The van der Waals surface area contributed by atoms with Crippen molar-refractivity contribution in [3.63, 3.8) is 0 Å². The number of ether oxygens (including phenoxy) is 1. The predicted octanol–water partition coefficient (Wildman–Crippen LogP) is 3.98. The van der Waals surface area contributed by atoms with Crippen LogP contribution in [0.2, 0.25) is 0 Å². The number of fused-ring (bicyclic) bond motifs is 1. The molecule has 3 aromatic rings. The van der Waals surface area contributed by atoms with Crippen molar-refractivity contribution in [2.24, 2.45) is 0 Å². The normalized spacial score (nSPS) is 10.6. The van der Waals surface area contributed by atoms with Gasteiger partial charge >= 0.3 is 5.97 Å². The summed E-state index contributed by atoms with van der Waals surface area (Å²) in [4.78, 5) is 23.7. The highest BCUT2D eigenvalue weighted by Crippen LogP contribution is 2.21. The minimum atomic E-state index is -0.403. The number of nitrogens with zero attached hydrogens (tertiary/aromatic N) is 1. The number of hydrogen-bond donors (Lipinski definition) is 1. The van der Waals surface area contributed by atoms with E-state index in [1.165, 1.54) is 0 Å². The maximum atomic E-state index is 11.9. The number of nitrogens with one attached hydrogen (secondary N) is 1. The molecule has 3 rings (SSSR count). The monoisotopic (exact) mass is 400 g/mol. The summed E-state index contributed by atoms with van der Waals surface area (Å²) in [5.41, 5.74) is 1.71. The zero-order chi connectivity index (χ0) is 17.6. The summed E-state index contributed by atoms with van der Waals surface area (Å²) >= 11 is 3.35. The average Bonchev–Trinajstić information content (AvgIpc) is 3.03. The molecule has 25 heavy (non-hydrogen) atoms. The van der Waals surface area contributed by atoms with Gasteiger partial charge < -0.3 is 14.6 Å². The highest BCUT2D eigenvalue weighted by atomic mass is 79.9. The van der Waals surface area contributed by atoms with E-state index in [-0.39, 0.29) is 18.9 Å². The number of hydrogen-bond acceptors (Lipinski definition) is 3. The number of halogens is 1. The number of benzene rings is 2. The van der Waals surface area contributed by atoms with Crippen molar-refractivity contribution >= 4 is 44.4 Å². The summed E-state index contributed by atoms with van der Waals surface area (Å²) in [5.74, 6) is -0.772. The van der Waals surface area contributed by atoms with E-state index in [0.29, 0.717) is 12.2 Å². The number of rotatable bonds is 6. The number of para-hydroxylation sites is 2. The van der Waals surface area contributed by atoms with Gasteiger partial charge in [0.1, 0.15) is 0 Å². The molecule has 0 spiro atoms. The van der Waals surface area contributed by atoms with Crippen molar-refractivity contribution in [1.29, 1.82) is 0 Å². The maximum absolute atomic E-state index is 11.9. The Kier molecular flexibility index (Phi) is 5.50. The van der Waals surface area contributed by atoms with E-state index in [1.807, 2.05) is 59.3 Å². The molecular formula is C19H17BrN2O3. The van der Waals surface area contributed by atoms with Crippen molar-refractivity contribution in [2.45, 2.75) is 13.0 Å². The van der Waals surface area contributed by atoms with Crippen LogP contribution in [0.5, 0.6) is 0 Å². The molecule has 0 saturated carbocycles. The largest absolute Gasteiger partial charge is 0.456 e. The number of esters is 1. The summed E-state index contributed by atoms with van der Waals surface area (Å²) in [6.07, 6.45) is 2.15. The molecular weight excluding hydrogens is 384 g/mol. The summed E-state index contributed by atoms with van der Waals surface area (Å²) in [5, 5.41) is 3.82. The summed E-state index contributed by atoms with van der Waals surface area (Å²) in [6.45, 7) is 0.213. The second-order valence-corrected chi connectivity index (χ2v) is 6.36. The lowest BCUT2D eigenvalue weighted by Gasteiger charge is -2.08. The molecule has 0 unspecified atom stereocenters. The molecule has 0 aliphatic carbocycles. The van der Waals surface area contributed by atoms with E-state index in [2.05, 4.69) is 21.2 Å². The van der Waals surface area contributed by atoms with Crippen molar-refractivity contribution < 1.29 is 14.3 Å². The maximum Gasteiger partial charge on any atom is 0.308 e. The minimum absolute atomic E-state index is 0.209. The van der Waals surface area contributed by atoms with Crippen LogP contribution in [0, 0.1) is 0 Å². The topological polar surface area (TPSA) is 60.3 Å². The fourth-order valence-corrected chi connectivity index (χ4v) is 2.90. The molecule has 2 aromatic carbocycles. The number of aromatic nitrogens is 1. The average molecular weight is 401 g/mol. The lowest BCUT2D eigenvalue weighted by Crippen LogP contribution is -2.21. The molecule has 1 N–H and O–H groups in total. The van der Waals surface area contributed by atoms with Gasteiger partial charge in [0.25, 0.3) is 5.91 Å².